The lowest BCUT2D eigenvalue weighted by Gasteiger charge is -2.39. The van der Waals surface area contributed by atoms with Gasteiger partial charge in [0.05, 0.1) is 12.5 Å². The molecule has 1 saturated heterocycles. The van der Waals surface area contributed by atoms with Crippen molar-refractivity contribution in [2.45, 2.75) is 31.8 Å². The first-order chi connectivity index (χ1) is 7.74. The summed E-state index contributed by atoms with van der Waals surface area (Å²) in [5, 5.41) is 14.7. The van der Waals surface area contributed by atoms with Crippen molar-refractivity contribution >= 4 is 5.91 Å². The van der Waals surface area contributed by atoms with Gasteiger partial charge in [-0.15, -0.1) is 0 Å². The molecule has 0 aliphatic carbocycles. The van der Waals surface area contributed by atoms with Crippen molar-refractivity contribution in [3.05, 3.63) is 0 Å². The molecule has 2 N–H and O–H groups in total. The minimum Gasteiger partial charge on any atom is -0.358 e. The smallest absolute Gasteiger partial charge is 0.238 e. The third kappa shape index (κ3) is 2.94. The number of carbonyl (C=O) groups is 1. The van der Waals surface area contributed by atoms with Crippen LogP contribution in [0.4, 0.5) is 0 Å². The molecule has 1 rings (SSSR count). The van der Waals surface area contributed by atoms with Gasteiger partial charge in [-0.2, -0.15) is 5.26 Å². The Kier molecular flexibility index (Phi) is 5.23. The second-order valence-electron chi connectivity index (χ2n) is 4.00. The summed E-state index contributed by atoms with van der Waals surface area (Å²) in [6.07, 6.45) is 1.39. The molecule has 1 aliphatic heterocycles. The number of nitrogens with one attached hydrogen (secondary N) is 2. The lowest BCUT2D eigenvalue weighted by atomic mass is 10.0. The molecular weight excluding hydrogens is 204 g/mol. The average molecular weight is 224 g/mol. The van der Waals surface area contributed by atoms with Crippen LogP contribution >= 0.6 is 0 Å². The molecule has 16 heavy (non-hydrogen) atoms. The minimum atomic E-state index is -0.142. The van der Waals surface area contributed by atoms with E-state index in [4.69, 9.17) is 5.26 Å². The summed E-state index contributed by atoms with van der Waals surface area (Å²) in [5.74, 6) is 0.0311. The van der Waals surface area contributed by atoms with Crippen molar-refractivity contribution in [3.8, 4) is 6.07 Å². The van der Waals surface area contributed by atoms with Gasteiger partial charge in [-0.1, -0.05) is 6.92 Å². The number of nitriles is 1. The van der Waals surface area contributed by atoms with Gasteiger partial charge in [-0.25, -0.2) is 0 Å². The van der Waals surface area contributed by atoms with E-state index in [2.05, 4.69) is 28.5 Å². The van der Waals surface area contributed by atoms with Gasteiger partial charge in [0.25, 0.3) is 0 Å². The molecule has 1 fully saturated rings. The van der Waals surface area contributed by atoms with E-state index in [1.54, 1.807) is 7.05 Å². The number of piperazine rings is 1. The number of rotatable bonds is 4. The number of carbonyl (C=O) groups excluding carboxylic acids is 1. The van der Waals surface area contributed by atoms with Gasteiger partial charge in [-0.3, -0.25) is 9.69 Å². The highest BCUT2D eigenvalue weighted by molar-refractivity contribution is 5.81. The number of likely N-dealkylation sites (N-methyl/N-ethyl adjacent to an activating group) is 1. The fraction of sp³-hybridized carbons (Fsp3) is 0.818. The first-order valence-corrected chi connectivity index (χ1v) is 5.79. The highest BCUT2D eigenvalue weighted by Gasteiger charge is 2.31. The summed E-state index contributed by atoms with van der Waals surface area (Å²) in [7, 11) is 1.65. The Morgan fingerprint density at radius 1 is 1.75 bits per heavy atom. The largest absolute Gasteiger partial charge is 0.358 e. The predicted molar refractivity (Wildman–Crippen MR) is 61.7 cm³/mol. The molecule has 0 spiro atoms. The number of amides is 1. The molecule has 1 amide bonds. The predicted octanol–water partition coefficient (Wildman–Crippen LogP) is -0.302. The molecular formula is C11H20N4O. The zero-order chi connectivity index (χ0) is 12.0. The lowest BCUT2D eigenvalue weighted by Crippen LogP contribution is -2.60. The maximum absolute atomic E-state index is 11.7. The third-order valence-corrected chi connectivity index (χ3v) is 3.10. The first-order valence-electron chi connectivity index (χ1n) is 5.79. The molecule has 5 nitrogen and oxygen atoms in total. The van der Waals surface area contributed by atoms with Crippen LogP contribution in [0.5, 0.6) is 0 Å². The standard InChI is InChI=1S/C11H20N4O/c1-3-9(4-5-12)15-7-6-14-8-10(15)11(16)13-2/h9-10,14H,3-4,6-8H2,1-2H3,(H,13,16). The Morgan fingerprint density at radius 2 is 2.50 bits per heavy atom. The molecule has 0 saturated carbocycles. The monoisotopic (exact) mass is 224 g/mol. The van der Waals surface area contributed by atoms with Crippen LogP contribution in [0.2, 0.25) is 0 Å². The number of nitrogens with zero attached hydrogens (tertiary/aromatic N) is 2. The lowest BCUT2D eigenvalue weighted by molar-refractivity contribution is -0.127. The van der Waals surface area contributed by atoms with Crippen molar-refractivity contribution in [1.82, 2.24) is 15.5 Å². The third-order valence-electron chi connectivity index (χ3n) is 3.10. The Morgan fingerprint density at radius 3 is 3.06 bits per heavy atom. The van der Waals surface area contributed by atoms with E-state index in [-0.39, 0.29) is 18.0 Å². The Hall–Kier alpha value is -1.12. The van der Waals surface area contributed by atoms with Crippen LogP contribution < -0.4 is 10.6 Å². The van der Waals surface area contributed by atoms with E-state index >= 15 is 0 Å². The molecule has 90 valence electrons. The van der Waals surface area contributed by atoms with Crippen LogP contribution in [0.25, 0.3) is 0 Å². The number of hydrogen-bond acceptors (Lipinski definition) is 4. The SMILES string of the molecule is CCC(CC#N)N1CCNCC1C(=O)NC. The zero-order valence-corrected chi connectivity index (χ0v) is 9.99. The Labute approximate surface area is 96.8 Å². The molecule has 0 radical (unpaired) electrons. The Balaban J connectivity index is 2.72. The fourth-order valence-electron chi connectivity index (χ4n) is 2.17. The van der Waals surface area contributed by atoms with Crippen LogP contribution in [0.15, 0.2) is 0 Å². The summed E-state index contributed by atoms with van der Waals surface area (Å²) >= 11 is 0. The van der Waals surface area contributed by atoms with Crippen LogP contribution in [0.1, 0.15) is 19.8 Å². The normalized spacial score (nSPS) is 23.4. The second-order valence-corrected chi connectivity index (χ2v) is 4.00. The summed E-state index contributed by atoms with van der Waals surface area (Å²) in [6.45, 7) is 4.44. The Bertz CT molecular complexity index is 274. The van der Waals surface area contributed by atoms with Crippen molar-refractivity contribution < 1.29 is 4.79 Å². The van der Waals surface area contributed by atoms with E-state index < -0.39 is 0 Å². The maximum atomic E-state index is 11.7. The molecule has 2 unspecified atom stereocenters. The van der Waals surface area contributed by atoms with E-state index in [1.165, 1.54) is 0 Å². The molecule has 2 atom stereocenters. The van der Waals surface area contributed by atoms with Crippen LogP contribution in [0.3, 0.4) is 0 Å². The summed E-state index contributed by atoms with van der Waals surface area (Å²) in [6, 6.07) is 2.25. The molecule has 0 aromatic carbocycles. The van der Waals surface area contributed by atoms with Crippen molar-refractivity contribution in [2.75, 3.05) is 26.7 Å². The number of hydrogen-bond donors (Lipinski definition) is 2. The van der Waals surface area contributed by atoms with Crippen LogP contribution in [-0.4, -0.2) is 49.6 Å². The van der Waals surface area contributed by atoms with Crippen molar-refractivity contribution in [1.29, 1.82) is 5.26 Å². The van der Waals surface area contributed by atoms with Gasteiger partial charge in [-0.05, 0) is 6.42 Å². The fourth-order valence-corrected chi connectivity index (χ4v) is 2.17. The molecule has 0 aromatic heterocycles. The van der Waals surface area contributed by atoms with E-state index in [9.17, 15) is 4.79 Å². The highest BCUT2D eigenvalue weighted by atomic mass is 16.2. The van der Waals surface area contributed by atoms with Crippen molar-refractivity contribution in [3.63, 3.8) is 0 Å². The van der Waals surface area contributed by atoms with Gasteiger partial charge < -0.3 is 10.6 Å². The topological polar surface area (TPSA) is 68.2 Å². The molecule has 5 heteroatoms. The van der Waals surface area contributed by atoms with Gasteiger partial charge in [0.15, 0.2) is 0 Å². The van der Waals surface area contributed by atoms with Gasteiger partial charge >= 0.3 is 0 Å². The van der Waals surface area contributed by atoms with Crippen LogP contribution in [0, 0.1) is 11.3 Å². The molecule has 0 bridgehead atoms. The van der Waals surface area contributed by atoms with E-state index in [1.807, 2.05) is 0 Å². The molecule has 0 aromatic rings. The highest BCUT2D eigenvalue weighted by Crippen LogP contribution is 2.14. The van der Waals surface area contributed by atoms with Gasteiger partial charge in [0.2, 0.25) is 5.91 Å². The summed E-state index contributed by atoms with van der Waals surface area (Å²) in [4.78, 5) is 13.9. The maximum Gasteiger partial charge on any atom is 0.238 e. The van der Waals surface area contributed by atoms with E-state index in [0.29, 0.717) is 13.0 Å². The van der Waals surface area contributed by atoms with Crippen molar-refractivity contribution in [2.24, 2.45) is 0 Å². The quantitative estimate of drug-likeness (QED) is 0.688. The molecule has 1 heterocycles. The second kappa shape index (κ2) is 6.46. The average Bonchev–Trinajstić information content (AvgIpc) is 2.35. The zero-order valence-electron chi connectivity index (χ0n) is 9.99. The van der Waals surface area contributed by atoms with Gasteiger partial charge in [0, 0.05) is 32.7 Å². The van der Waals surface area contributed by atoms with Crippen LogP contribution in [-0.2, 0) is 4.79 Å². The summed E-state index contributed by atoms with van der Waals surface area (Å²) in [5.41, 5.74) is 0. The van der Waals surface area contributed by atoms with Gasteiger partial charge in [0.1, 0.15) is 6.04 Å². The summed E-state index contributed by atoms with van der Waals surface area (Å²) < 4.78 is 0. The van der Waals surface area contributed by atoms with E-state index in [0.717, 1.165) is 19.5 Å². The molecule has 1 aliphatic rings. The minimum absolute atomic E-state index is 0.0311. The first kappa shape index (κ1) is 12.9.